The minimum Gasteiger partial charge on any atom is -0.444 e. The van der Waals surface area contributed by atoms with E-state index in [9.17, 15) is 19.2 Å². The Balaban J connectivity index is 2.34. The molecule has 2 unspecified atom stereocenters. The zero-order valence-corrected chi connectivity index (χ0v) is 20.7. The zero-order valence-electron chi connectivity index (χ0n) is 20.7. The number of ether oxygens (including phenoxy) is 1. The second kappa shape index (κ2) is 13.0. The lowest BCUT2D eigenvalue weighted by Crippen LogP contribution is -2.51. The van der Waals surface area contributed by atoms with Gasteiger partial charge in [-0.15, -0.1) is 0 Å². The summed E-state index contributed by atoms with van der Waals surface area (Å²) < 4.78 is 5.25. The number of nitrogens with zero attached hydrogens (tertiary/aromatic N) is 1. The molecule has 0 aromatic heterocycles. The fraction of sp³-hybridized carbons (Fsp3) is 0.333. The standard InChI is InChI=1S/C27H32N4O5/c1-5-31(25(34)21(16-17-22(28)32)30-26(35)36-27(2,3)4)23(20-14-10-7-11-15-20)24(33)29-18-19-12-8-6-9-13-19/h1,6-15,21,23H,16-18H2,2-4H3,(H2,28,32)(H,29,33)(H,30,35). The molecule has 190 valence electrons. The third-order valence-electron chi connectivity index (χ3n) is 4.98. The van der Waals surface area contributed by atoms with Crippen molar-refractivity contribution in [3.63, 3.8) is 0 Å². The largest absolute Gasteiger partial charge is 0.444 e. The van der Waals surface area contributed by atoms with Crippen LogP contribution in [0.3, 0.4) is 0 Å². The van der Waals surface area contributed by atoms with Gasteiger partial charge in [-0.1, -0.05) is 67.1 Å². The van der Waals surface area contributed by atoms with Gasteiger partial charge >= 0.3 is 6.09 Å². The lowest BCUT2D eigenvalue weighted by atomic mass is 10.0. The number of carbonyl (C=O) groups is 4. The van der Waals surface area contributed by atoms with E-state index >= 15 is 0 Å². The quantitative estimate of drug-likeness (QED) is 0.347. The number of amides is 4. The molecule has 0 aliphatic rings. The molecule has 4 N–H and O–H groups in total. The van der Waals surface area contributed by atoms with Crippen LogP contribution < -0.4 is 16.4 Å². The molecule has 36 heavy (non-hydrogen) atoms. The molecule has 0 radical (unpaired) electrons. The van der Waals surface area contributed by atoms with Crippen LogP contribution in [0.1, 0.15) is 50.8 Å². The molecule has 0 saturated heterocycles. The first kappa shape index (κ1) is 27.9. The first-order chi connectivity index (χ1) is 17.0. The average Bonchev–Trinajstić information content (AvgIpc) is 2.83. The van der Waals surface area contributed by atoms with E-state index in [-0.39, 0.29) is 19.4 Å². The maximum absolute atomic E-state index is 13.6. The Morgan fingerprint density at radius 3 is 2.14 bits per heavy atom. The highest BCUT2D eigenvalue weighted by Gasteiger charge is 2.35. The number of carbonyl (C=O) groups excluding carboxylic acids is 4. The summed E-state index contributed by atoms with van der Waals surface area (Å²) in [6, 6.07) is 17.6. The minimum atomic E-state index is -1.25. The summed E-state index contributed by atoms with van der Waals surface area (Å²) in [6.07, 6.45) is 4.53. The first-order valence-electron chi connectivity index (χ1n) is 11.5. The number of nitrogens with two attached hydrogens (primary N) is 1. The van der Waals surface area contributed by atoms with Crippen LogP contribution >= 0.6 is 0 Å². The zero-order chi connectivity index (χ0) is 26.7. The maximum atomic E-state index is 13.6. The van der Waals surface area contributed by atoms with Gasteiger partial charge in [0.25, 0.3) is 5.91 Å². The summed E-state index contributed by atoms with van der Waals surface area (Å²) in [5.74, 6) is -1.93. The highest BCUT2D eigenvalue weighted by molar-refractivity contribution is 5.93. The molecule has 2 atom stereocenters. The van der Waals surface area contributed by atoms with Crippen molar-refractivity contribution in [3.8, 4) is 12.5 Å². The van der Waals surface area contributed by atoms with Gasteiger partial charge in [-0.3, -0.25) is 19.3 Å². The van der Waals surface area contributed by atoms with Gasteiger partial charge in [0.2, 0.25) is 11.8 Å². The van der Waals surface area contributed by atoms with Gasteiger partial charge in [-0.05, 0) is 38.3 Å². The highest BCUT2D eigenvalue weighted by atomic mass is 16.6. The van der Waals surface area contributed by atoms with Crippen molar-refractivity contribution in [2.45, 2.75) is 57.8 Å². The first-order valence-corrected chi connectivity index (χ1v) is 11.5. The van der Waals surface area contributed by atoms with Crippen molar-refractivity contribution in [1.29, 1.82) is 0 Å². The summed E-state index contributed by atoms with van der Waals surface area (Å²) in [7, 11) is 0. The molecule has 0 aliphatic carbocycles. The summed E-state index contributed by atoms with van der Waals surface area (Å²) >= 11 is 0. The third kappa shape index (κ3) is 8.80. The Morgan fingerprint density at radius 1 is 1.03 bits per heavy atom. The van der Waals surface area contributed by atoms with E-state index in [0.29, 0.717) is 5.56 Å². The molecule has 0 saturated carbocycles. The van der Waals surface area contributed by atoms with Gasteiger partial charge in [0.15, 0.2) is 0 Å². The molecule has 9 heteroatoms. The molecule has 2 aromatic rings. The van der Waals surface area contributed by atoms with Gasteiger partial charge in [0.1, 0.15) is 17.7 Å². The molecule has 0 bridgehead atoms. The summed E-state index contributed by atoms with van der Waals surface area (Å²) in [4.78, 5) is 51.6. The van der Waals surface area contributed by atoms with Crippen LogP contribution in [-0.2, 0) is 25.7 Å². The van der Waals surface area contributed by atoms with Crippen molar-refractivity contribution in [1.82, 2.24) is 15.5 Å². The molecule has 0 heterocycles. The second-order valence-corrected chi connectivity index (χ2v) is 9.06. The normalized spacial score (nSPS) is 12.4. The van der Waals surface area contributed by atoms with Gasteiger partial charge in [-0.2, -0.15) is 0 Å². The maximum Gasteiger partial charge on any atom is 0.408 e. The van der Waals surface area contributed by atoms with Crippen LogP contribution in [0.4, 0.5) is 4.79 Å². The summed E-state index contributed by atoms with van der Waals surface area (Å²) in [5.41, 5.74) is 5.78. The van der Waals surface area contributed by atoms with Crippen LogP contribution in [-0.4, -0.2) is 40.4 Å². The summed E-state index contributed by atoms with van der Waals surface area (Å²) in [5, 5.41) is 5.27. The topological polar surface area (TPSA) is 131 Å². The van der Waals surface area contributed by atoms with E-state index in [0.717, 1.165) is 10.5 Å². The number of hydrogen-bond donors (Lipinski definition) is 3. The Kier molecular flexibility index (Phi) is 10.0. The van der Waals surface area contributed by atoms with Gasteiger partial charge in [-0.25, -0.2) is 4.79 Å². The van der Waals surface area contributed by atoms with E-state index in [1.807, 2.05) is 30.3 Å². The number of alkyl carbamates (subject to hydrolysis) is 1. The average molecular weight is 493 g/mol. The van der Waals surface area contributed by atoms with E-state index in [2.05, 4.69) is 16.7 Å². The minimum absolute atomic E-state index is 0.126. The third-order valence-corrected chi connectivity index (χ3v) is 4.98. The van der Waals surface area contributed by atoms with E-state index in [4.69, 9.17) is 16.9 Å². The Morgan fingerprint density at radius 2 is 1.61 bits per heavy atom. The van der Waals surface area contributed by atoms with Crippen molar-refractivity contribution in [2.75, 3.05) is 0 Å². The monoisotopic (exact) mass is 492 g/mol. The van der Waals surface area contributed by atoms with Crippen molar-refractivity contribution in [2.24, 2.45) is 5.73 Å². The number of benzene rings is 2. The second-order valence-electron chi connectivity index (χ2n) is 9.06. The lowest BCUT2D eigenvalue weighted by Gasteiger charge is -2.30. The Labute approximate surface area is 211 Å². The van der Waals surface area contributed by atoms with E-state index in [1.54, 1.807) is 51.1 Å². The number of terminal acetylenes is 1. The Bertz CT molecular complexity index is 1090. The van der Waals surface area contributed by atoms with Crippen molar-refractivity contribution < 1.29 is 23.9 Å². The molecule has 2 rings (SSSR count). The molecular formula is C27H32N4O5. The van der Waals surface area contributed by atoms with Crippen LogP contribution in [0.15, 0.2) is 60.7 Å². The molecule has 4 amide bonds. The molecule has 9 nitrogen and oxygen atoms in total. The molecule has 0 fully saturated rings. The van der Waals surface area contributed by atoms with Gasteiger partial charge < -0.3 is 21.1 Å². The number of rotatable bonds is 10. The fourth-order valence-corrected chi connectivity index (χ4v) is 3.36. The number of primary amides is 1. The SMILES string of the molecule is C#CN(C(=O)C(CCC(N)=O)NC(=O)OC(C)(C)C)C(C(=O)NCc1ccccc1)c1ccccc1. The van der Waals surface area contributed by atoms with Gasteiger partial charge in [0, 0.05) is 19.0 Å². The highest BCUT2D eigenvalue weighted by Crippen LogP contribution is 2.23. The van der Waals surface area contributed by atoms with Gasteiger partial charge in [0.05, 0.1) is 0 Å². The molecule has 0 aliphatic heterocycles. The predicted octanol–water partition coefficient (Wildman–Crippen LogP) is 2.62. The predicted molar refractivity (Wildman–Crippen MR) is 135 cm³/mol. The van der Waals surface area contributed by atoms with E-state index < -0.39 is 41.5 Å². The van der Waals surface area contributed by atoms with Crippen LogP contribution in [0.5, 0.6) is 0 Å². The van der Waals surface area contributed by atoms with Crippen molar-refractivity contribution in [3.05, 3.63) is 71.8 Å². The van der Waals surface area contributed by atoms with Crippen LogP contribution in [0.2, 0.25) is 0 Å². The fourth-order valence-electron chi connectivity index (χ4n) is 3.36. The smallest absolute Gasteiger partial charge is 0.408 e. The lowest BCUT2D eigenvalue weighted by molar-refractivity contribution is -0.139. The Hall–Kier alpha value is -4.32. The molecular weight excluding hydrogens is 460 g/mol. The number of hydrogen-bond acceptors (Lipinski definition) is 5. The van der Waals surface area contributed by atoms with Crippen LogP contribution in [0.25, 0.3) is 0 Å². The van der Waals surface area contributed by atoms with E-state index in [1.165, 1.54) is 0 Å². The van der Waals surface area contributed by atoms with Crippen LogP contribution in [0, 0.1) is 12.5 Å². The van der Waals surface area contributed by atoms with Crippen molar-refractivity contribution >= 4 is 23.8 Å². The molecule has 0 spiro atoms. The summed E-state index contributed by atoms with van der Waals surface area (Å²) in [6.45, 7) is 5.23. The molecule has 2 aromatic carbocycles. The number of nitrogens with one attached hydrogen (secondary N) is 2.